The van der Waals surface area contributed by atoms with Gasteiger partial charge in [-0.1, -0.05) is 6.92 Å². The Balaban J connectivity index is 1.71. The second-order valence-electron chi connectivity index (χ2n) is 8.31. The van der Waals surface area contributed by atoms with E-state index in [4.69, 9.17) is 5.73 Å². The van der Waals surface area contributed by atoms with E-state index in [2.05, 4.69) is 6.92 Å². The standard InChI is InChI=1S/C18H23F2N/c1-17-6-11-2-12(7-17)9-18(8-11,10-17)16(21)13-3-14(19)5-15(20)4-13/h3-5,11-12,16H,2,6-10,21H2,1H3. The monoisotopic (exact) mass is 291 g/mol. The van der Waals surface area contributed by atoms with Crippen molar-refractivity contribution in [2.24, 2.45) is 28.4 Å². The van der Waals surface area contributed by atoms with Crippen molar-refractivity contribution < 1.29 is 8.78 Å². The lowest BCUT2D eigenvalue weighted by Crippen LogP contribution is -2.54. The number of nitrogens with two attached hydrogens (primary N) is 1. The lowest BCUT2D eigenvalue weighted by molar-refractivity contribution is -0.113. The Morgan fingerprint density at radius 2 is 1.62 bits per heavy atom. The molecular formula is C18H23F2N. The summed E-state index contributed by atoms with van der Waals surface area (Å²) in [5.41, 5.74) is 7.65. The average Bonchev–Trinajstić information content (AvgIpc) is 2.33. The van der Waals surface area contributed by atoms with Crippen LogP contribution in [0.3, 0.4) is 0 Å². The van der Waals surface area contributed by atoms with Gasteiger partial charge in [-0.3, -0.25) is 0 Å². The van der Waals surface area contributed by atoms with Crippen LogP contribution in [0.4, 0.5) is 8.78 Å². The first kappa shape index (κ1) is 13.7. The van der Waals surface area contributed by atoms with Crippen LogP contribution >= 0.6 is 0 Å². The van der Waals surface area contributed by atoms with Gasteiger partial charge in [0, 0.05) is 12.1 Å². The van der Waals surface area contributed by atoms with E-state index in [1.807, 2.05) is 0 Å². The SMILES string of the molecule is CC12CC3CC(C1)CC(C(N)c1cc(F)cc(F)c1)(C3)C2. The number of hydrogen-bond donors (Lipinski definition) is 1. The predicted molar refractivity (Wildman–Crippen MR) is 78.5 cm³/mol. The maximum atomic E-state index is 13.5. The molecule has 3 unspecified atom stereocenters. The van der Waals surface area contributed by atoms with Gasteiger partial charge in [0.2, 0.25) is 0 Å². The van der Waals surface area contributed by atoms with E-state index in [-0.39, 0.29) is 11.5 Å². The largest absolute Gasteiger partial charge is 0.323 e. The molecule has 4 bridgehead atoms. The highest BCUT2D eigenvalue weighted by Crippen LogP contribution is 2.67. The molecule has 3 heteroatoms. The molecule has 0 spiro atoms. The van der Waals surface area contributed by atoms with Crippen LogP contribution in [0.1, 0.15) is 57.1 Å². The molecule has 0 aromatic heterocycles. The first-order valence-electron chi connectivity index (χ1n) is 8.09. The van der Waals surface area contributed by atoms with E-state index in [0.29, 0.717) is 11.0 Å². The van der Waals surface area contributed by atoms with Crippen LogP contribution in [0.2, 0.25) is 0 Å². The highest BCUT2D eigenvalue weighted by molar-refractivity contribution is 5.25. The van der Waals surface area contributed by atoms with Gasteiger partial charge in [-0.2, -0.15) is 0 Å². The molecular weight excluding hydrogens is 268 g/mol. The minimum Gasteiger partial charge on any atom is -0.323 e. The van der Waals surface area contributed by atoms with Crippen molar-refractivity contribution in [3.8, 4) is 0 Å². The third-order valence-corrected chi connectivity index (χ3v) is 6.30. The summed E-state index contributed by atoms with van der Waals surface area (Å²) < 4.78 is 27.1. The van der Waals surface area contributed by atoms with Crippen molar-refractivity contribution in [3.05, 3.63) is 35.4 Å². The van der Waals surface area contributed by atoms with Crippen molar-refractivity contribution in [1.82, 2.24) is 0 Å². The van der Waals surface area contributed by atoms with Gasteiger partial charge >= 0.3 is 0 Å². The summed E-state index contributed by atoms with van der Waals surface area (Å²) in [6.45, 7) is 2.39. The second-order valence-corrected chi connectivity index (χ2v) is 8.31. The van der Waals surface area contributed by atoms with E-state index >= 15 is 0 Å². The van der Waals surface area contributed by atoms with Gasteiger partial charge < -0.3 is 5.73 Å². The van der Waals surface area contributed by atoms with Crippen molar-refractivity contribution in [3.63, 3.8) is 0 Å². The fourth-order valence-electron chi connectivity index (χ4n) is 6.27. The van der Waals surface area contributed by atoms with Gasteiger partial charge in [0.15, 0.2) is 0 Å². The smallest absolute Gasteiger partial charge is 0.126 e. The molecule has 0 radical (unpaired) electrons. The van der Waals surface area contributed by atoms with Gasteiger partial charge in [-0.25, -0.2) is 8.78 Å². The van der Waals surface area contributed by atoms with E-state index < -0.39 is 11.6 Å². The maximum Gasteiger partial charge on any atom is 0.126 e. The summed E-state index contributed by atoms with van der Waals surface area (Å²) in [6.07, 6.45) is 7.36. The normalized spacial score (nSPS) is 42.3. The Morgan fingerprint density at radius 3 is 2.14 bits per heavy atom. The summed E-state index contributed by atoms with van der Waals surface area (Å²) in [7, 11) is 0. The molecule has 0 amide bonds. The molecule has 1 aromatic rings. The Kier molecular flexibility index (Phi) is 2.79. The van der Waals surface area contributed by atoms with Gasteiger partial charge in [0.05, 0.1) is 0 Å². The van der Waals surface area contributed by atoms with Crippen LogP contribution in [0.5, 0.6) is 0 Å². The van der Waals surface area contributed by atoms with Crippen molar-refractivity contribution >= 4 is 0 Å². The summed E-state index contributed by atoms with van der Waals surface area (Å²) in [5, 5.41) is 0. The number of rotatable bonds is 2. The third-order valence-electron chi connectivity index (χ3n) is 6.30. The zero-order chi connectivity index (χ0) is 14.8. The third kappa shape index (κ3) is 2.12. The first-order chi connectivity index (χ1) is 9.87. The van der Waals surface area contributed by atoms with Gasteiger partial charge in [0.1, 0.15) is 11.6 Å². The highest BCUT2D eigenvalue weighted by atomic mass is 19.1. The molecule has 4 aliphatic rings. The number of benzene rings is 1. The molecule has 2 N–H and O–H groups in total. The number of halogens is 2. The Hall–Kier alpha value is -0.960. The Morgan fingerprint density at radius 1 is 1.05 bits per heavy atom. The topological polar surface area (TPSA) is 26.0 Å². The van der Waals surface area contributed by atoms with Crippen molar-refractivity contribution in [2.75, 3.05) is 0 Å². The van der Waals surface area contributed by atoms with Crippen LogP contribution in [0.15, 0.2) is 18.2 Å². The molecule has 21 heavy (non-hydrogen) atoms. The molecule has 4 aliphatic carbocycles. The molecule has 114 valence electrons. The molecule has 3 atom stereocenters. The second kappa shape index (κ2) is 4.28. The summed E-state index contributed by atoms with van der Waals surface area (Å²) >= 11 is 0. The van der Waals surface area contributed by atoms with Crippen LogP contribution in [-0.2, 0) is 0 Å². The molecule has 0 heterocycles. The quantitative estimate of drug-likeness (QED) is 0.848. The summed E-state index contributed by atoms with van der Waals surface area (Å²) in [5.74, 6) is 0.495. The fourth-order valence-corrected chi connectivity index (χ4v) is 6.27. The molecule has 1 nitrogen and oxygen atoms in total. The lowest BCUT2D eigenvalue weighted by atomic mass is 9.43. The van der Waals surface area contributed by atoms with Gasteiger partial charge in [-0.15, -0.1) is 0 Å². The van der Waals surface area contributed by atoms with Crippen LogP contribution < -0.4 is 5.73 Å². The van der Waals surface area contributed by atoms with Gasteiger partial charge in [-0.05, 0) is 78.9 Å². The van der Waals surface area contributed by atoms with Crippen LogP contribution in [0, 0.1) is 34.3 Å². The highest BCUT2D eigenvalue weighted by Gasteiger charge is 2.57. The van der Waals surface area contributed by atoms with Crippen LogP contribution in [0.25, 0.3) is 0 Å². The molecule has 0 aliphatic heterocycles. The minimum atomic E-state index is -0.517. The Bertz CT molecular complexity index is 548. The summed E-state index contributed by atoms with van der Waals surface area (Å²) in [4.78, 5) is 0. The first-order valence-corrected chi connectivity index (χ1v) is 8.09. The molecule has 4 fully saturated rings. The minimum absolute atomic E-state index is 0.0546. The molecule has 4 saturated carbocycles. The van der Waals surface area contributed by atoms with E-state index in [9.17, 15) is 8.78 Å². The number of hydrogen-bond acceptors (Lipinski definition) is 1. The van der Waals surface area contributed by atoms with Crippen molar-refractivity contribution in [2.45, 2.75) is 51.5 Å². The van der Waals surface area contributed by atoms with E-state index in [0.717, 1.165) is 37.2 Å². The van der Waals surface area contributed by atoms with Crippen molar-refractivity contribution in [1.29, 1.82) is 0 Å². The summed E-state index contributed by atoms with van der Waals surface area (Å²) in [6, 6.07) is 3.54. The van der Waals surface area contributed by atoms with Crippen LogP contribution in [-0.4, -0.2) is 0 Å². The van der Waals surface area contributed by atoms with E-state index in [1.165, 1.54) is 31.4 Å². The zero-order valence-electron chi connectivity index (χ0n) is 12.5. The zero-order valence-corrected chi connectivity index (χ0v) is 12.5. The van der Waals surface area contributed by atoms with Gasteiger partial charge in [0.25, 0.3) is 0 Å². The van der Waals surface area contributed by atoms with E-state index in [1.54, 1.807) is 0 Å². The molecule has 0 saturated heterocycles. The lowest BCUT2D eigenvalue weighted by Gasteiger charge is -2.63. The molecule has 1 aromatic carbocycles. The maximum absolute atomic E-state index is 13.5. The predicted octanol–water partition coefficient (Wildman–Crippen LogP) is 4.57. The Labute approximate surface area is 124 Å². The molecule has 5 rings (SSSR count). The fraction of sp³-hybridized carbons (Fsp3) is 0.667. The average molecular weight is 291 g/mol.